The second kappa shape index (κ2) is 10.9. The molecule has 138 valence electrons. The summed E-state index contributed by atoms with van der Waals surface area (Å²) in [6, 6.07) is 6.67. The van der Waals surface area contributed by atoms with E-state index in [1.165, 1.54) is 4.31 Å². The summed E-state index contributed by atoms with van der Waals surface area (Å²) < 4.78 is 26.1. The third-order valence-corrected chi connectivity index (χ3v) is 5.64. The number of rotatable bonds is 8. The largest absolute Gasteiger partial charge is 0.370 e. The first kappa shape index (κ1) is 23.1. The normalized spacial score (nSPS) is 12.3. The summed E-state index contributed by atoms with van der Waals surface area (Å²) in [4.78, 5) is 4.53. The van der Waals surface area contributed by atoms with Gasteiger partial charge in [-0.1, -0.05) is 25.5 Å². The number of nitrogens with one attached hydrogen (secondary N) is 1. The second-order valence-corrected chi connectivity index (χ2v) is 7.74. The molecule has 0 bridgehead atoms. The molecule has 0 unspecified atom stereocenters. The fourth-order valence-corrected chi connectivity index (χ4v) is 3.20. The van der Waals surface area contributed by atoms with Crippen molar-refractivity contribution in [3.05, 3.63) is 29.8 Å². The van der Waals surface area contributed by atoms with Gasteiger partial charge in [-0.25, -0.2) is 13.4 Å². The molecule has 3 N–H and O–H groups in total. The Morgan fingerprint density at radius 3 is 2.38 bits per heavy atom. The molecule has 0 atom stereocenters. The first-order valence-electron chi connectivity index (χ1n) is 7.89. The van der Waals surface area contributed by atoms with Gasteiger partial charge in [-0.3, -0.25) is 0 Å². The lowest BCUT2D eigenvalue weighted by Gasteiger charge is -2.21. The Kier molecular flexibility index (Phi) is 10.5. The zero-order valence-corrected chi connectivity index (χ0v) is 18.0. The lowest BCUT2D eigenvalue weighted by Crippen LogP contribution is -2.33. The average molecular weight is 468 g/mol. The van der Waals surface area contributed by atoms with E-state index in [1.54, 1.807) is 31.3 Å². The van der Waals surface area contributed by atoms with Crippen molar-refractivity contribution < 1.29 is 8.42 Å². The predicted octanol–water partition coefficient (Wildman–Crippen LogP) is 2.54. The summed E-state index contributed by atoms with van der Waals surface area (Å²) in [6.07, 6.45) is 2.15. The number of hydrogen-bond donors (Lipinski definition) is 2. The first-order chi connectivity index (χ1) is 10.8. The van der Waals surface area contributed by atoms with Crippen LogP contribution in [-0.4, -0.2) is 38.3 Å². The molecule has 8 heteroatoms. The second-order valence-electron chi connectivity index (χ2n) is 5.74. The number of halogens is 1. The fraction of sp³-hybridized carbons (Fsp3) is 0.562. The van der Waals surface area contributed by atoms with E-state index < -0.39 is 10.0 Å². The van der Waals surface area contributed by atoms with Gasteiger partial charge in [0.05, 0.1) is 11.4 Å². The van der Waals surface area contributed by atoms with Gasteiger partial charge in [0.25, 0.3) is 0 Å². The summed E-state index contributed by atoms with van der Waals surface area (Å²) in [6.45, 7) is 7.03. The number of nitrogens with two attached hydrogens (primary N) is 1. The molecule has 0 aromatic heterocycles. The maximum Gasteiger partial charge on any atom is 0.243 e. The monoisotopic (exact) mass is 468 g/mol. The van der Waals surface area contributed by atoms with Crippen LogP contribution in [0.2, 0.25) is 0 Å². The van der Waals surface area contributed by atoms with E-state index in [1.807, 2.05) is 13.8 Å². The highest BCUT2D eigenvalue weighted by Gasteiger charge is 2.22. The van der Waals surface area contributed by atoms with Crippen LogP contribution >= 0.6 is 24.0 Å². The van der Waals surface area contributed by atoms with E-state index in [-0.39, 0.29) is 34.9 Å². The molecule has 0 spiro atoms. The Balaban J connectivity index is 0.00000529. The average Bonchev–Trinajstić information content (AvgIpc) is 2.52. The van der Waals surface area contributed by atoms with Crippen molar-refractivity contribution in [1.29, 1.82) is 0 Å². The van der Waals surface area contributed by atoms with E-state index in [0.29, 0.717) is 12.5 Å². The zero-order chi connectivity index (χ0) is 17.5. The molecule has 1 rings (SSSR count). The maximum absolute atomic E-state index is 12.4. The first-order valence-corrected chi connectivity index (χ1v) is 9.33. The van der Waals surface area contributed by atoms with Crippen molar-refractivity contribution in [3.8, 4) is 0 Å². The maximum atomic E-state index is 12.4. The van der Waals surface area contributed by atoms with E-state index >= 15 is 0 Å². The topological polar surface area (TPSA) is 87.8 Å². The third kappa shape index (κ3) is 6.94. The van der Waals surface area contributed by atoms with Gasteiger partial charge in [0.2, 0.25) is 10.0 Å². The summed E-state index contributed by atoms with van der Waals surface area (Å²) in [5.41, 5.74) is 6.68. The standard InChI is InChI=1S/C16H28N4O2S.HI/c1-5-6-11-18-16(17)19-12-14-7-9-15(10-8-14)23(21,22)20(4)13(2)3;/h7-10,13H,5-6,11-12H2,1-4H3,(H3,17,18,19);1H. The Hall–Kier alpha value is -0.870. The van der Waals surface area contributed by atoms with Crippen LogP contribution in [0.5, 0.6) is 0 Å². The minimum absolute atomic E-state index is 0. The molecule has 24 heavy (non-hydrogen) atoms. The van der Waals surface area contributed by atoms with Crippen LogP contribution in [0.4, 0.5) is 0 Å². The molecule has 0 aliphatic carbocycles. The Morgan fingerprint density at radius 1 is 1.29 bits per heavy atom. The van der Waals surface area contributed by atoms with Gasteiger partial charge in [-0.15, -0.1) is 24.0 Å². The van der Waals surface area contributed by atoms with E-state index in [0.717, 1.165) is 24.9 Å². The summed E-state index contributed by atoms with van der Waals surface area (Å²) in [5, 5.41) is 3.04. The highest BCUT2D eigenvalue weighted by atomic mass is 127. The van der Waals surface area contributed by atoms with Crippen molar-refractivity contribution in [2.75, 3.05) is 13.6 Å². The van der Waals surface area contributed by atoms with Gasteiger partial charge in [-0.2, -0.15) is 4.31 Å². The van der Waals surface area contributed by atoms with Crippen molar-refractivity contribution >= 4 is 40.0 Å². The quantitative estimate of drug-likeness (QED) is 0.266. The molecule has 1 aromatic carbocycles. The van der Waals surface area contributed by atoms with E-state index in [2.05, 4.69) is 17.2 Å². The Bertz CT molecular complexity index is 615. The summed E-state index contributed by atoms with van der Waals surface area (Å²) in [5.74, 6) is 0.412. The van der Waals surface area contributed by atoms with Crippen molar-refractivity contribution in [1.82, 2.24) is 9.62 Å². The lowest BCUT2D eigenvalue weighted by atomic mass is 10.2. The molecular weight excluding hydrogens is 439 g/mol. The number of guanidine groups is 1. The van der Waals surface area contributed by atoms with Gasteiger partial charge >= 0.3 is 0 Å². The molecule has 1 aromatic rings. The molecule has 0 aliphatic heterocycles. The van der Waals surface area contributed by atoms with Gasteiger partial charge in [-0.05, 0) is 38.0 Å². The highest BCUT2D eigenvalue weighted by Crippen LogP contribution is 2.17. The van der Waals surface area contributed by atoms with Crippen molar-refractivity contribution in [2.24, 2.45) is 10.7 Å². The Morgan fingerprint density at radius 2 is 1.88 bits per heavy atom. The highest BCUT2D eigenvalue weighted by molar-refractivity contribution is 14.0. The van der Waals surface area contributed by atoms with Crippen LogP contribution in [0.25, 0.3) is 0 Å². The number of sulfonamides is 1. The van der Waals surface area contributed by atoms with Crippen LogP contribution in [0, 0.1) is 0 Å². The number of hydrogen-bond acceptors (Lipinski definition) is 3. The molecule has 0 radical (unpaired) electrons. The number of benzene rings is 1. The van der Waals surface area contributed by atoms with E-state index in [9.17, 15) is 8.42 Å². The van der Waals surface area contributed by atoms with Crippen LogP contribution in [0.15, 0.2) is 34.2 Å². The van der Waals surface area contributed by atoms with Gasteiger partial charge < -0.3 is 11.1 Å². The number of unbranched alkanes of at least 4 members (excludes halogenated alkanes) is 1. The van der Waals surface area contributed by atoms with Crippen LogP contribution in [0.1, 0.15) is 39.2 Å². The molecule has 0 amide bonds. The summed E-state index contributed by atoms with van der Waals surface area (Å²) in [7, 11) is -1.86. The molecule has 6 nitrogen and oxygen atoms in total. The fourth-order valence-electron chi connectivity index (χ4n) is 1.84. The van der Waals surface area contributed by atoms with Crippen molar-refractivity contribution in [3.63, 3.8) is 0 Å². The molecule has 0 saturated heterocycles. The Labute approximate surface area is 163 Å². The molecule has 0 fully saturated rings. The van der Waals surface area contributed by atoms with Crippen LogP contribution in [0.3, 0.4) is 0 Å². The minimum atomic E-state index is -3.44. The molecule has 0 aliphatic rings. The predicted molar refractivity (Wildman–Crippen MR) is 110 cm³/mol. The van der Waals surface area contributed by atoms with Crippen molar-refractivity contribution in [2.45, 2.75) is 51.1 Å². The molecule has 0 heterocycles. The lowest BCUT2D eigenvalue weighted by molar-refractivity contribution is 0.410. The van der Waals surface area contributed by atoms with E-state index in [4.69, 9.17) is 5.73 Å². The summed E-state index contributed by atoms with van der Waals surface area (Å²) >= 11 is 0. The minimum Gasteiger partial charge on any atom is -0.370 e. The van der Waals surface area contributed by atoms with Gasteiger partial charge in [0.15, 0.2) is 5.96 Å². The molecule has 0 saturated carbocycles. The smallest absolute Gasteiger partial charge is 0.243 e. The van der Waals surface area contributed by atoms with Gasteiger partial charge in [0.1, 0.15) is 0 Å². The number of nitrogens with zero attached hydrogens (tertiary/aromatic N) is 2. The number of aliphatic imine (C=N–C) groups is 1. The SMILES string of the molecule is CCCCNC(N)=NCc1ccc(S(=O)(=O)N(C)C(C)C)cc1.I. The molecular formula is C16H29IN4O2S. The zero-order valence-electron chi connectivity index (χ0n) is 14.8. The van der Waals surface area contributed by atoms with Crippen LogP contribution in [-0.2, 0) is 16.6 Å². The van der Waals surface area contributed by atoms with Gasteiger partial charge in [0, 0.05) is 19.6 Å². The van der Waals surface area contributed by atoms with Crippen LogP contribution < -0.4 is 11.1 Å². The third-order valence-electron chi connectivity index (χ3n) is 3.60.